The maximum Gasteiger partial charge on any atom is 0.394 e. The highest BCUT2D eigenvalue weighted by atomic mass is 32.3. The number of carboxylic acid groups (broad SMARTS) is 2. The highest BCUT2D eigenvalue weighted by Gasteiger charge is 2.30. The summed E-state index contributed by atoms with van der Waals surface area (Å²) < 4.78 is 31.6. The Kier molecular flexibility index (Phi) is 19.8. The Morgan fingerprint density at radius 2 is 0.968 bits per heavy atom. The summed E-state index contributed by atoms with van der Waals surface area (Å²) in [6.07, 6.45) is 0. The van der Waals surface area contributed by atoms with Crippen molar-refractivity contribution in [2.75, 3.05) is 52.7 Å². The van der Waals surface area contributed by atoms with Gasteiger partial charge in [0.15, 0.2) is 0 Å². The first-order chi connectivity index (χ1) is 14.2. The van der Waals surface area contributed by atoms with E-state index in [9.17, 15) is 9.59 Å². The molecule has 0 aliphatic carbocycles. The molecule has 0 saturated carbocycles. The predicted octanol–water partition coefficient (Wildman–Crippen LogP) is -6.10. The van der Waals surface area contributed by atoms with Gasteiger partial charge in [-0.1, -0.05) is 0 Å². The highest BCUT2D eigenvalue weighted by Crippen LogP contribution is 2.02. The van der Waals surface area contributed by atoms with Crippen LogP contribution in [0.2, 0.25) is 0 Å². The van der Waals surface area contributed by atoms with Crippen LogP contribution in [0.1, 0.15) is 0 Å². The van der Waals surface area contributed by atoms with Crippen LogP contribution in [-0.4, -0.2) is 124 Å². The second-order valence-electron chi connectivity index (χ2n) is 5.76. The number of nitrogens with two attached hydrogens (primary N) is 2. The molecule has 14 N–H and O–H groups in total. The molecule has 188 valence electrons. The number of rotatable bonds is 14. The van der Waals surface area contributed by atoms with Gasteiger partial charge in [0.25, 0.3) is 0 Å². The molecule has 0 heterocycles. The minimum Gasteiger partial charge on any atom is -0.480 e. The minimum absolute atomic E-state index is 0.173. The number of carbonyl (C=O) groups is 2. The van der Waals surface area contributed by atoms with Crippen LogP contribution in [0.4, 0.5) is 0 Å². The minimum atomic E-state index is -4.67. The molecule has 0 atom stereocenters. The molecule has 0 spiro atoms. The SMILES string of the molecule is NOCC(CO)(CO)NCC(=O)O.NOCC(CO)(CO)NCC(=O)O.O=S(=O)(O)O. The number of aliphatic hydroxyl groups is 4. The lowest BCUT2D eigenvalue weighted by atomic mass is 10.0. The fourth-order valence-electron chi connectivity index (χ4n) is 1.45. The Morgan fingerprint density at radius 1 is 0.742 bits per heavy atom. The van der Waals surface area contributed by atoms with Crippen molar-refractivity contribution in [1.29, 1.82) is 0 Å². The van der Waals surface area contributed by atoms with Gasteiger partial charge in [-0.2, -0.15) is 8.42 Å². The largest absolute Gasteiger partial charge is 0.480 e. The summed E-state index contributed by atoms with van der Waals surface area (Å²) in [4.78, 5) is 28.9. The number of aliphatic carboxylic acids is 2. The van der Waals surface area contributed by atoms with Crippen LogP contribution in [0.5, 0.6) is 0 Å². The van der Waals surface area contributed by atoms with E-state index < -0.39 is 59.8 Å². The average Bonchev–Trinajstić information content (AvgIpc) is 2.68. The molecule has 0 aliphatic heterocycles. The fourth-order valence-corrected chi connectivity index (χ4v) is 1.45. The van der Waals surface area contributed by atoms with E-state index in [2.05, 4.69) is 20.3 Å². The molecule has 0 fully saturated rings. The molecule has 0 aromatic rings. The van der Waals surface area contributed by atoms with Gasteiger partial charge >= 0.3 is 22.3 Å². The first kappa shape index (κ1) is 34.0. The van der Waals surface area contributed by atoms with Crippen LogP contribution < -0.4 is 22.4 Å². The van der Waals surface area contributed by atoms with Gasteiger partial charge in [-0.05, 0) is 0 Å². The first-order valence-electron chi connectivity index (χ1n) is 7.90. The fraction of sp³-hybridized carbons (Fsp3) is 0.833. The summed E-state index contributed by atoms with van der Waals surface area (Å²) in [5, 5.41) is 57.0. The van der Waals surface area contributed by atoms with Crippen molar-refractivity contribution in [3.8, 4) is 0 Å². The third kappa shape index (κ3) is 21.4. The van der Waals surface area contributed by atoms with Crippen LogP contribution in [0, 0.1) is 0 Å². The topological polar surface area (TPSA) is 325 Å². The molecule has 0 saturated heterocycles. The number of aliphatic hydroxyl groups excluding tert-OH is 4. The Bertz CT molecular complexity index is 538. The van der Waals surface area contributed by atoms with E-state index >= 15 is 0 Å². The quantitative estimate of drug-likeness (QED) is 0.0802. The van der Waals surface area contributed by atoms with E-state index in [0.717, 1.165) is 0 Å². The molecule has 19 heteroatoms. The molecule has 0 amide bonds. The molecule has 0 aliphatic rings. The van der Waals surface area contributed by atoms with Gasteiger partial charge in [0, 0.05) is 0 Å². The van der Waals surface area contributed by atoms with E-state index in [1.165, 1.54) is 0 Å². The summed E-state index contributed by atoms with van der Waals surface area (Å²) in [5.74, 6) is 7.34. The Hall–Kier alpha value is -1.59. The highest BCUT2D eigenvalue weighted by molar-refractivity contribution is 7.79. The van der Waals surface area contributed by atoms with Crippen molar-refractivity contribution in [3.63, 3.8) is 0 Å². The maximum absolute atomic E-state index is 10.2. The lowest BCUT2D eigenvalue weighted by Gasteiger charge is -2.28. The van der Waals surface area contributed by atoms with Gasteiger partial charge in [-0.25, -0.2) is 11.8 Å². The first-order valence-corrected chi connectivity index (χ1v) is 9.30. The summed E-state index contributed by atoms with van der Waals surface area (Å²) in [6.45, 7) is -2.97. The van der Waals surface area contributed by atoms with Gasteiger partial charge in [-0.3, -0.25) is 29.3 Å². The van der Waals surface area contributed by atoms with Crippen molar-refractivity contribution in [2.45, 2.75) is 11.1 Å². The zero-order chi connectivity index (χ0) is 25.1. The second kappa shape index (κ2) is 18.0. The number of hydrogen-bond donors (Lipinski definition) is 12. The Balaban J connectivity index is -0.000000416. The van der Waals surface area contributed by atoms with E-state index in [-0.39, 0.29) is 26.3 Å². The molecule has 31 heavy (non-hydrogen) atoms. The van der Waals surface area contributed by atoms with Crippen LogP contribution in [0.15, 0.2) is 0 Å². The van der Waals surface area contributed by atoms with E-state index in [1.807, 2.05) is 0 Å². The molecule has 0 aromatic carbocycles. The molecular formula is C12H30N4O14S. The summed E-state index contributed by atoms with van der Waals surface area (Å²) in [6, 6.07) is 0. The summed E-state index contributed by atoms with van der Waals surface area (Å²) >= 11 is 0. The van der Waals surface area contributed by atoms with Gasteiger partial charge in [0.05, 0.1) is 63.8 Å². The molecular weight excluding hydrogens is 456 g/mol. The molecule has 0 radical (unpaired) electrons. The zero-order valence-corrected chi connectivity index (χ0v) is 17.1. The molecule has 18 nitrogen and oxygen atoms in total. The Morgan fingerprint density at radius 3 is 1.10 bits per heavy atom. The average molecular weight is 486 g/mol. The maximum atomic E-state index is 10.2. The van der Waals surface area contributed by atoms with Gasteiger partial charge < -0.3 is 40.3 Å². The standard InChI is InChI=1S/2C6H14N2O5.H2O4S/c2*7-13-4-6(2-9,3-10)8-1-5(11)12;1-5(2,3)4/h2*8-10H,1-4,7H2,(H,11,12);(H2,1,2,3,4). The predicted molar refractivity (Wildman–Crippen MR) is 99.5 cm³/mol. The number of nitrogens with one attached hydrogen (secondary N) is 2. The van der Waals surface area contributed by atoms with Crippen molar-refractivity contribution >= 4 is 22.3 Å². The van der Waals surface area contributed by atoms with Crippen molar-refractivity contribution in [3.05, 3.63) is 0 Å². The molecule has 0 bridgehead atoms. The van der Waals surface area contributed by atoms with Crippen molar-refractivity contribution < 1.29 is 67.4 Å². The number of carboxylic acids is 2. The van der Waals surface area contributed by atoms with Crippen LogP contribution in [0.3, 0.4) is 0 Å². The third-order valence-corrected chi connectivity index (χ3v) is 3.16. The van der Waals surface area contributed by atoms with Gasteiger partial charge in [-0.15, -0.1) is 0 Å². The summed E-state index contributed by atoms with van der Waals surface area (Å²) in [7, 11) is -4.67. The smallest absolute Gasteiger partial charge is 0.394 e. The van der Waals surface area contributed by atoms with E-state index in [0.29, 0.717) is 0 Å². The van der Waals surface area contributed by atoms with E-state index in [1.54, 1.807) is 0 Å². The molecule has 0 rings (SSSR count). The Labute approximate surface area is 176 Å². The lowest BCUT2D eigenvalue weighted by Crippen LogP contribution is -2.57. The zero-order valence-electron chi connectivity index (χ0n) is 16.2. The van der Waals surface area contributed by atoms with Crippen LogP contribution in [-0.2, 0) is 29.7 Å². The van der Waals surface area contributed by atoms with Crippen LogP contribution >= 0.6 is 0 Å². The van der Waals surface area contributed by atoms with Crippen LogP contribution in [0.25, 0.3) is 0 Å². The summed E-state index contributed by atoms with van der Waals surface area (Å²) in [5.41, 5.74) is -2.40. The molecule has 0 unspecified atom stereocenters. The van der Waals surface area contributed by atoms with Gasteiger partial charge in [0.1, 0.15) is 0 Å². The van der Waals surface area contributed by atoms with Crippen molar-refractivity contribution in [2.24, 2.45) is 11.8 Å². The van der Waals surface area contributed by atoms with Gasteiger partial charge in [0.2, 0.25) is 0 Å². The number of hydrogen-bond acceptors (Lipinski definition) is 14. The van der Waals surface area contributed by atoms with E-state index in [4.69, 9.17) is 60.0 Å². The monoisotopic (exact) mass is 486 g/mol. The normalized spacial score (nSPS) is 11.6. The molecule has 0 aromatic heterocycles. The lowest BCUT2D eigenvalue weighted by molar-refractivity contribution is -0.138. The second-order valence-corrected chi connectivity index (χ2v) is 6.65. The third-order valence-electron chi connectivity index (χ3n) is 3.16. The van der Waals surface area contributed by atoms with Crippen molar-refractivity contribution in [1.82, 2.24) is 10.6 Å².